The average molecular weight is 348 g/mol. The molecular formula is C15H16N4O4S. The predicted octanol–water partition coefficient (Wildman–Crippen LogP) is -0.115. The molecule has 8 nitrogen and oxygen atoms in total. The Bertz CT molecular complexity index is 1150. The number of sulfone groups is 1. The third-order valence-corrected chi connectivity index (χ3v) is 4.86. The van der Waals surface area contributed by atoms with Crippen LogP contribution in [0.25, 0.3) is 11.2 Å². The third-order valence-electron chi connectivity index (χ3n) is 3.83. The van der Waals surface area contributed by atoms with Crippen molar-refractivity contribution in [3.63, 3.8) is 0 Å². The van der Waals surface area contributed by atoms with Crippen molar-refractivity contribution in [2.24, 2.45) is 14.1 Å². The van der Waals surface area contributed by atoms with E-state index in [4.69, 9.17) is 0 Å². The summed E-state index contributed by atoms with van der Waals surface area (Å²) in [6.45, 7) is 0.185. The number of aryl methyl sites for hydroxylation is 1. The number of imidazole rings is 1. The van der Waals surface area contributed by atoms with E-state index in [1.54, 1.807) is 0 Å². The number of nitrogens with zero attached hydrogens (tertiary/aromatic N) is 4. The molecule has 0 amide bonds. The fourth-order valence-corrected chi connectivity index (χ4v) is 3.49. The molecule has 0 radical (unpaired) electrons. The Morgan fingerprint density at radius 1 is 1.04 bits per heavy atom. The summed E-state index contributed by atoms with van der Waals surface area (Å²) in [7, 11) is -0.830. The van der Waals surface area contributed by atoms with Gasteiger partial charge < -0.3 is 4.57 Å². The first-order valence-electron chi connectivity index (χ1n) is 7.12. The second-order valence-corrected chi connectivity index (χ2v) is 7.53. The molecule has 0 aliphatic rings. The van der Waals surface area contributed by atoms with Gasteiger partial charge in [-0.3, -0.25) is 13.9 Å². The zero-order valence-corrected chi connectivity index (χ0v) is 14.2. The predicted molar refractivity (Wildman–Crippen MR) is 88.9 cm³/mol. The first kappa shape index (κ1) is 16.2. The van der Waals surface area contributed by atoms with Gasteiger partial charge in [-0.15, -0.1) is 0 Å². The van der Waals surface area contributed by atoms with Crippen LogP contribution in [0.2, 0.25) is 0 Å². The molecule has 3 aromatic rings. The molecule has 3 rings (SSSR count). The van der Waals surface area contributed by atoms with Crippen LogP contribution < -0.4 is 11.2 Å². The maximum atomic E-state index is 12.5. The number of rotatable bonds is 3. The number of hydrogen-bond acceptors (Lipinski definition) is 5. The summed E-state index contributed by atoms with van der Waals surface area (Å²) in [5.74, 6) is 0. The highest BCUT2D eigenvalue weighted by Gasteiger charge is 2.23. The maximum Gasteiger partial charge on any atom is 0.332 e. The molecule has 2 heterocycles. The van der Waals surface area contributed by atoms with Gasteiger partial charge in [0.25, 0.3) is 5.56 Å². The minimum Gasteiger partial charge on any atom is -0.312 e. The summed E-state index contributed by atoms with van der Waals surface area (Å²) in [4.78, 5) is 29.0. The van der Waals surface area contributed by atoms with Crippen LogP contribution in [-0.4, -0.2) is 33.4 Å². The lowest BCUT2D eigenvalue weighted by Crippen LogP contribution is -2.38. The first-order valence-corrected chi connectivity index (χ1v) is 9.01. The fraction of sp³-hybridized carbons (Fsp3) is 0.267. The molecule has 2 aromatic heterocycles. The van der Waals surface area contributed by atoms with Crippen LogP contribution >= 0.6 is 0 Å². The normalized spacial score (nSPS) is 12.0. The van der Waals surface area contributed by atoms with Gasteiger partial charge in [-0.1, -0.05) is 30.3 Å². The molecule has 126 valence electrons. The minimum atomic E-state index is -3.64. The zero-order chi connectivity index (χ0) is 17.6. The van der Waals surface area contributed by atoms with E-state index in [-0.39, 0.29) is 22.9 Å². The topological polar surface area (TPSA) is 96.0 Å². The highest BCUT2D eigenvalue weighted by molar-refractivity contribution is 7.90. The largest absolute Gasteiger partial charge is 0.332 e. The number of aromatic nitrogens is 4. The summed E-state index contributed by atoms with van der Waals surface area (Å²) < 4.78 is 27.3. The lowest BCUT2D eigenvalue weighted by Gasteiger charge is -2.09. The van der Waals surface area contributed by atoms with Crippen LogP contribution in [0.1, 0.15) is 5.56 Å². The van der Waals surface area contributed by atoms with Crippen molar-refractivity contribution in [1.29, 1.82) is 0 Å². The van der Waals surface area contributed by atoms with E-state index in [0.29, 0.717) is 0 Å². The molecule has 0 aliphatic carbocycles. The molecule has 0 spiro atoms. The van der Waals surface area contributed by atoms with E-state index in [9.17, 15) is 18.0 Å². The van der Waals surface area contributed by atoms with Gasteiger partial charge in [-0.2, -0.15) is 4.98 Å². The lowest BCUT2D eigenvalue weighted by atomic mass is 10.2. The molecule has 9 heteroatoms. The van der Waals surface area contributed by atoms with Crippen molar-refractivity contribution in [3.05, 3.63) is 56.7 Å². The summed E-state index contributed by atoms with van der Waals surface area (Å²) >= 11 is 0. The van der Waals surface area contributed by atoms with Gasteiger partial charge in [0.15, 0.2) is 11.2 Å². The molecular weight excluding hydrogens is 332 g/mol. The maximum absolute atomic E-state index is 12.5. The van der Waals surface area contributed by atoms with Gasteiger partial charge in [0, 0.05) is 20.4 Å². The zero-order valence-electron chi connectivity index (χ0n) is 13.4. The molecule has 0 saturated carbocycles. The third kappa shape index (κ3) is 2.46. The van der Waals surface area contributed by atoms with Crippen LogP contribution in [-0.2, 0) is 30.5 Å². The Labute approximate surface area is 137 Å². The van der Waals surface area contributed by atoms with Crippen LogP contribution in [0.4, 0.5) is 0 Å². The van der Waals surface area contributed by atoms with Gasteiger partial charge in [-0.25, -0.2) is 13.2 Å². The molecule has 0 bridgehead atoms. The van der Waals surface area contributed by atoms with Crippen molar-refractivity contribution in [3.8, 4) is 0 Å². The highest BCUT2D eigenvalue weighted by Crippen LogP contribution is 2.15. The number of fused-ring (bicyclic) bond motifs is 1. The Balaban J connectivity index is 2.41. The second-order valence-electron chi connectivity index (χ2n) is 5.62. The summed E-state index contributed by atoms with van der Waals surface area (Å²) in [6.07, 6.45) is 1.01. The fourth-order valence-electron chi connectivity index (χ4n) is 2.65. The molecule has 0 fully saturated rings. The Kier molecular flexibility index (Phi) is 3.67. The van der Waals surface area contributed by atoms with Crippen molar-refractivity contribution >= 4 is 21.0 Å². The van der Waals surface area contributed by atoms with Crippen molar-refractivity contribution < 1.29 is 8.42 Å². The van der Waals surface area contributed by atoms with E-state index < -0.39 is 21.1 Å². The Hall–Kier alpha value is -2.68. The second kappa shape index (κ2) is 5.45. The van der Waals surface area contributed by atoms with Gasteiger partial charge in [-0.05, 0) is 5.56 Å². The van der Waals surface area contributed by atoms with Gasteiger partial charge in [0.2, 0.25) is 15.0 Å². The molecule has 0 N–H and O–H groups in total. The van der Waals surface area contributed by atoms with E-state index >= 15 is 0 Å². The molecule has 0 unspecified atom stereocenters. The number of benzene rings is 1. The minimum absolute atomic E-state index is 0.0647. The van der Waals surface area contributed by atoms with Gasteiger partial charge in [0.05, 0.1) is 6.54 Å². The van der Waals surface area contributed by atoms with Gasteiger partial charge >= 0.3 is 5.69 Å². The van der Waals surface area contributed by atoms with Crippen LogP contribution in [0.15, 0.2) is 45.1 Å². The van der Waals surface area contributed by atoms with E-state index in [1.165, 1.54) is 23.2 Å². The molecule has 24 heavy (non-hydrogen) atoms. The van der Waals surface area contributed by atoms with Crippen molar-refractivity contribution in [2.75, 3.05) is 6.26 Å². The Morgan fingerprint density at radius 3 is 2.25 bits per heavy atom. The van der Waals surface area contributed by atoms with Gasteiger partial charge in [0.1, 0.15) is 0 Å². The van der Waals surface area contributed by atoms with Crippen molar-refractivity contribution in [2.45, 2.75) is 11.7 Å². The van der Waals surface area contributed by atoms with E-state index in [2.05, 4.69) is 4.98 Å². The summed E-state index contributed by atoms with van der Waals surface area (Å²) in [6, 6.07) is 9.19. The molecule has 0 saturated heterocycles. The highest BCUT2D eigenvalue weighted by atomic mass is 32.2. The monoisotopic (exact) mass is 348 g/mol. The van der Waals surface area contributed by atoms with Crippen molar-refractivity contribution in [1.82, 2.24) is 18.7 Å². The standard InChI is InChI=1S/C15H16N4O4S/c1-17-11-12(16-14(17)24(3,22)23)19(15(21)18(2)13(11)20)9-10-7-5-4-6-8-10/h4-8H,9H2,1-3H3. The van der Waals surface area contributed by atoms with Crippen LogP contribution in [0.3, 0.4) is 0 Å². The number of hydrogen-bond donors (Lipinski definition) is 0. The lowest BCUT2D eigenvalue weighted by molar-refractivity contribution is 0.586. The Morgan fingerprint density at radius 2 is 1.67 bits per heavy atom. The quantitative estimate of drug-likeness (QED) is 0.658. The van der Waals surface area contributed by atoms with E-state index in [0.717, 1.165) is 16.4 Å². The molecule has 0 atom stereocenters. The first-order chi connectivity index (χ1) is 11.2. The van der Waals surface area contributed by atoms with Crippen LogP contribution in [0, 0.1) is 0 Å². The van der Waals surface area contributed by atoms with E-state index in [1.807, 2.05) is 30.3 Å². The average Bonchev–Trinajstić information content (AvgIpc) is 2.88. The summed E-state index contributed by atoms with van der Waals surface area (Å²) in [5.41, 5.74) is -0.145. The molecule has 1 aromatic carbocycles. The molecule has 0 aliphatic heterocycles. The SMILES string of the molecule is Cn1c(=O)c2c(nc(S(C)(=O)=O)n2C)n(Cc2ccccc2)c1=O. The smallest absolute Gasteiger partial charge is 0.312 e. The summed E-state index contributed by atoms with van der Waals surface area (Å²) in [5, 5.41) is -0.248. The van der Waals surface area contributed by atoms with Crippen LogP contribution in [0.5, 0.6) is 0 Å².